The van der Waals surface area contributed by atoms with Gasteiger partial charge in [-0.2, -0.15) is 14.3 Å². The molecule has 1 unspecified atom stereocenters. The number of alkyl halides is 2. The van der Waals surface area contributed by atoms with Gasteiger partial charge < -0.3 is 9.84 Å². The van der Waals surface area contributed by atoms with Crippen molar-refractivity contribution in [3.63, 3.8) is 0 Å². The average Bonchev–Trinajstić information content (AvgIpc) is 3.75. The number of ether oxygens (including phenoxy) is 1. The van der Waals surface area contributed by atoms with E-state index < -0.39 is 16.9 Å². The normalized spacial score (nSPS) is 36.1. The fraction of sp³-hybridized carbons (Fsp3) is 0.636. The van der Waals surface area contributed by atoms with E-state index in [2.05, 4.69) is 35.8 Å². The zero-order valence-corrected chi connectivity index (χ0v) is 23.1. The Morgan fingerprint density at radius 3 is 2.51 bits per heavy atom. The number of hydrogen-bond donors (Lipinski definition) is 2. The summed E-state index contributed by atoms with van der Waals surface area (Å²) in [7, 11) is 1.66. The van der Waals surface area contributed by atoms with Crippen LogP contribution in [0.25, 0.3) is 0 Å². The molecule has 0 spiro atoms. The lowest BCUT2D eigenvalue weighted by Crippen LogP contribution is -2.60. The maximum Gasteiger partial charge on any atom is 0.336 e. The molecule has 3 saturated carbocycles. The second-order valence-corrected chi connectivity index (χ2v) is 12.7. The summed E-state index contributed by atoms with van der Waals surface area (Å²) in [5, 5.41) is 11.7. The van der Waals surface area contributed by atoms with Crippen molar-refractivity contribution in [3.05, 3.63) is 58.2 Å². The van der Waals surface area contributed by atoms with Crippen molar-refractivity contribution >= 4 is 0 Å². The number of hydrogen-bond acceptors (Lipinski definition) is 4. The molecule has 0 heterocycles. The molecule has 4 nitrogen and oxygen atoms in total. The first-order valence-electron chi connectivity index (χ1n) is 14.7. The second kappa shape index (κ2) is 10.1. The molecule has 6 atom stereocenters. The molecule has 210 valence electrons. The quantitative estimate of drug-likeness (QED) is 0.228. The third-order valence-corrected chi connectivity index (χ3v) is 10.8. The molecule has 39 heavy (non-hydrogen) atoms. The first-order chi connectivity index (χ1) is 18.7. The minimum absolute atomic E-state index is 0.0103. The Kier molecular flexibility index (Phi) is 7.03. The van der Waals surface area contributed by atoms with Crippen molar-refractivity contribution in [1.82, 2.24) is 5.48 Å². The van der Waals surface area contributed by atoms with Gasteiger partial charge in [0.2, 0.25) is 0 Å². The van der Waals surface area contributed by atoms with E-state index in [4.69, 9.17) is 16.0 Å². The van der Waals surface area contributed by atoms with Crippen LogP contribution in [0.5, 0.6) is 0 Å². The number of rotatable bonds is 8. The molecule has 3 fully saturated rings. The minimum atomic E-state index is -3.56. The van der Waals surface area contributed by atoms with Gasteiger partial charge in [-0.1, -0.05) is 42.8 Å². The lowest BCUT2D eigenvalue weighted by atomic mass is 9.50. The standard InChI is InChI=1S/C33H41F2NO3/c1-4-33(34,35)32(37)16-15-29-27-13-11-24-19-25(36-39-18-17-38-3)12-14-26(24)30(27)28(20-31(29,32)2)23-9-7-22(8-10-23)21-5-6-21/h1,7-10,19,21,25,27-29,36-37H,5-6,11-18,20H2,2-3H3/t25?,27-,28+,29-,31-,32-/m0/s1. The molecular weight excluding hydrogens is 496 g/mol. The third kappa shape index (κ3) is 4.41. The van der Waals surface area contributed by atoms with Gasteiger partial charge in [0, 0.05) is 18.4 Å². The van der Waals surface area contributed by atoms with E-state index in [9.17, 15) is 5.11 Å². The highest BCUT2D eigenvalue weighted by Crippen LogP contribution is 2.69. The molecule has 0 saturated heterocycles. The van der Waals surface area contributed by atoms with Crippen LogP contribution in [0.2, 0.25) is 0 Å². The number of terminal acetylenes is 1. The molecule has 5 aliphatic carbocycles. The molecule has 0 radical (unpaired) electrons. The van der Waals surface area contributed by atoms with Crippen LogP contribution in [0.4, 0.5) is 8.78 Å². The topological polar surface area (TPSA) is 50.7 Å². The predicted octanol–water partition coefficient (Wildman–Crippen LogP) is 6.43. The van der Waals surface area contributed by atoms with Crippen molar-refractivity contribution in [3.8, 4) is 12.3 Å². The van der Waals surface area contributed by atoms with Gasteiger partial charge in [0.25, 0.3) is 0 Å². The third-order valence-electron chi connectivity index (χ3n) is 10.8. The summed E-state index contributed by atoms with van der Waals surface area (Å²) in [6, 6.07) is 9.05. The van der Waals surface area contributed by atoms with Crippen LogP contribution in [-0.4, -0.2) is 43.0 Å². The maximum atomic E-state index is 15.3. The lowest BCUT2D eigenvalue weighted by Gasteiger charge is -2.55. The Balaban J connectivity index is 1.39. The summed E-state index contributed by atoms with van der Waals surface area (Å²) in [5.74, 6) is -1.07. The summed E-state index contributed by atoms with van der Waals surface area (Å²) in [4.78, 5) is 5.61. The molecule has 0 aliphatic heterocycles. The minimum Gasteiger partial charge on any atom is -0.382 e. The predicted molar refractivity (Wildman–Crippen MR) is 147 cm³/mol. The summed E-state index contributed by atoms with van der Waals surface area (Å²) < 4.78 is 35.7. The molecule has 2 N–H and O–H groups in total. The van der Waals surface area contributed by atoms with Crippen LogP contribution in [0.15, 0.2) is 47.1 Å². The number of fused-ring (bicyclic) bond motifs is 4. The molecule has 1 aromatic carbocycles. The number of allylic oxidation sites excluding steroid dienone is 3. The van der Waals surface area contributed by atoms with Crippen molar-refractivity contribution in [2.24, 2.45) is 17.3 Å². The Hall–Kier alpha value is -2.04. The number of methoxy groups -OCH3 is 1. The first-order valence-corrected chi connectivity index (χ1v) is 14.7. The summed E-state index contributed by atoms with van der Waals surface area (Å²) in [6.07, 6.45) is 14.9. The van der Waals surface area contributed by atoms with Crippen LogP contribution in [-0.2, 0) is 9.57 Å². The highest BCUT2D eigenvalue weighted by molar-refractivity contribution is 5.50. The van der Waals surface area contributed by atoms with E-state index in [1.54, 1.807) is 13.0 Å². The number of aliphatic hydroxyl groups is 1. The Morgan fingerprint density at radius 1 is 1.08 bits per heavy atom. The monoisotopic (exact) mass is 537 g/mol. The smallest absolute Gasteiger partial charge is 0.336 e. The molecule has 5 aliphatic rings. The van der Waals surface area contributed by atoms with Crippen molar-refractivity contribution in [2.75, 3.05) is 20.3 Å². The SMILES string of the molecule is C#CC(F)(F)[C@]1(O)CC[C@H]2[C@@H]3CCC4=CC(NOCCOC)CCC4=C3[C@@H](c3ccc(C4CC4)cc3)C[C@@]21C. The van der Waals surface area contributed by atoms with Crippen molar-refractivity contribution in [1.29, 1.82) is 0 Å². The number of halogens is 2. The molecule has 0 amide bonds. The van der Waals surface area contributed by atoms with Gasteiger partial charge in [0.15, 0.2) is 0 Å². The van der Waals surface area contributed by atoms with Crippen molar-refractivity contribution in [2.45, 2.75) is 94.1 Å². The summed E-state index contributed by atoms with van der Waals surface area (Å²) >= 11 is 0. The molecule has 0 aromatic heterocycles. The van der Waals surface area contributed by atoms with Gasteiger partial charge in [-0.05, 0) is 104 Å². The van der Waals surface area contributed by atoms with Crippen LogP contribution >= 0.6 is 0 Å². The van der Waals surface area contributed by atoms with E-state index in [1.807, 2.05) is 6.92 Å². The van der Waals surface area contributed by atoms with E-state index in [0.717, 1.165) is 25.7 Å². The van der Waals surface area contributed by atoms with E-state index >= 15 is 8.78 Å². The largest absolute Gasteiger partial charge is 0.382 e. The zero-order chi connectivity index (χ0) is 27.4. The van der Waals surface area contributed by atoms with E-state index in [1.165, 1.54) is 40.7 Å². The molecular formula is C33H41F2NO3. The van der Waals surface area contributed by atoms with Gasteiger partial charge in [-0.3, -0.25) is 4.84 Å². The van der Waals surface area contributed by atoms with E-state index in [-0.39, 0.29) is 30.2 Å². The summed E-state index contributed by atoms with van der Waals surface area (Å²) in [5.41, 5.74) is 6.79. The highest BCUT2D eigenvalue weighted by Gasteiger charge is 2.71. The fourth-order valence-electron chi connectivity index (χ4n) is 8.54. The van der Waals surface area contributed by atoms with Gasteiger partial charge in [-0.25, -0.2) is 0 Å². The van der Waals surface area contributed by atoms with Gasteiger partial charge in [0.1, 0.15) is 5.60 Å². The molecule has 6 rings (SSSR count). The molecule has 6 heteroatoms. The maximum absolute atomic E-state index is 15.3. The van der Waals surface area contributed by atoms with Crippen LogP contribution in [0.1, 0.15) is 87.7 Å². The zero-order valence-electron chi connectivity index (χ0n) is 23.1. The molecule has 0 bridgehead atoms. The first kappa shape index (κ1) is 27.1. The summed E-state index contributed by atoms with van der Waals surface area (Å²) in [6.45, 7) is 2.93. The van der Waals surface area contributed by atoms with Crippen molar-refractivity contribution < 1.29 is 23.5 Å². The van der Waals surface area contributed by atoms with Gasteiger partial charge in [-0.15, -0.1) is 6.42 Å². The van der Waals surface area contributed by atoms with Gasteiger partial charge >= 0.3 is 5.92 Å². The Bertz CT molecular complexity index is 1200. The average molecular weight is 538 g/mol. The fourth-order valence-corrected chi connectivity index (χ4v) is 8.54. The Labute approximate surface area is 231 Å². The number of benzene rings is 1. The number of nitrogens with one attached hydrogen (secondary N) is 1. The van der Waals surface area contributed by atoms with Crippen LogP contribution in [0.3, 0.4) is 0 Å². The Morgan fingerprint density at radius 2 is 1.82 bits per heavy atom. The van der Waals surface area contributed by atoms with Gasteiger partial charge in [0.05, 0.1) is 19.3 Å². The number of hydroxylamine groups is 1. The highest BCUT2D eigenvalue weighted by atomic mass is 19.3. The second-order valence-electron chi connectivity index (χ2n) is 12.7. The molecule has 1 aromatic rings. The van der Waals surface area contributed by atoms with E-state index in [0.29, 0.717) is 32.0 Å². The van der Waals surface area contributed by atoms with Crippen LogP contribution < -0.4 is 5.48 Å². The van der Waals surface area contributed by atoms with Crippen LogP contribution in [0, 0.1) is 29.6 Å². The lowest BCUT2D eigenvalue weighted by molar-refractivity contribution is -0.209.